The Kier molecular flexibility index (Phi) is 7.49. The Labute approximate surface area is 185 Å². The van der Waals surface area contributed by atoms with Crippen molar-refractivity contribution in [3.05, 3.63) is 76.5 Å². The van der Waals surface area contributed by atoms with E-state index in [4.69, 9.17) is 23.2 Å². The molecule has 0 aliphatic heterocycles. The highest BCUT2D eigenvalue weighted by molar-refractivity contribution is 6.36. The van der Waals surface area contributed by atoms with Crippen LogP contribution in [0.15, 0.2) is 60.9 Å². The molecule has 0 saturated carbocycles. The third-order valence-electron chi connectivity index (χ3n) is 4.40. The molecule has 1 aromatic heterocycles. The third-order valence-corrected chi connectivity index (χ3v) is 4.95. The van der Waals surface area contributed by atoms with E-state index in [9.17, 15) is 9.59 Å². The van der Waals surface area contributed by atoms with Crippen LogP contribution in [0.4, 0.5) is 5.69 Å². The number of carbonyl (C=O) groups is 2. The quantitative estimate of drug-likeness (QED) is 0.551. The molecule has 1 N–H and O–H groups in total. The number of amides is 2. The number of rotatable bonds is 8. The van der Waals surface area contributed by atoms with Crippen LogP contribution in [-0.4, -0.2) is 39.6 Å². The average molecular weight is 445 g/mol. The summed E-state index contributed by atoms with van der Waals surface area (Å²) in [5, 5.41) is 7.88. The van der Waals surface area contributed by atoms with Crippen molar-refractivity contribution in [2.24, 2.45) is 0 Å². The monoisotopic (exact) mass is 444 g/mol. The second kappa shape index (κ2) is 10.3. The van der Waals surface area contributed by atoms with E-state index in [-0.39, 0.29) is 24.8 Å². The predicted octanol–water partition coefficient (Wildman–Crippen LogP) is 4.60. The second-order valence-electron chi connectivity index (χ2n) is 6.79. The molecule has 3 aromatic rings. The van der Waals surface area contributed by atoms with Gasteiger partial charge in [-0.3, -0.25) is 9.59 Å². The fourth-order valence-electron chi connectivity index (χ4n) is 2.98. The molecule has 0 unspecified atom stereocenters. The fraction of sp³-hybridized carbons (Fsp3) is 0.227. The van der Waals surface area contributed by atoms with Gasteiger partial charge in [0.15, 0.2) is 0 Å². The van der Waals surface area contributed by atoms with Gasteiger partial charge in [-0.1, -0.05) is 48.3 Å². The third kappa shape index (κ3) is 5.84. The van der Waals surface area contributed by atoms with E-state index in [1.807, 2.05) is 43.5 Å². The molecule has 156 valence electrons. The summed E-state index contributed by atoms with van der Waals surface area (Å²) in [7, 11) is 0. The Bertz CT molecular complexity index is 1020. The SMILES string of the molecule is CCCN(CC(=O)Nc1ccc(Cl)cc1Cl)C(=O)Cc1cnn(-c2ccccc2)c1. The molecule has 8 heteroatoms. The van der Waals surface area contributed by atoms with Gasteiger partial charge in [-0.15, -0.1) is 0 Å². The second-order valence-corrected chi connectivity index (χ2v) is 7.64. The lowest BCUT2D eigenvalue weighted by atomic mass is 10.2. The van der Waals surface area contributed by atoms with E-state index in [0.717, 1.165) is 17.7 Å². The van der Waals surface area contributed by atoms with E-state index >= 15 is 0 Å². The molecule has 3 rings (SSSR count). The minimum Gasteiger partial charge on any atom is -0.333 e. The van der Waals surface area contributed by atoms with E-state index in [0.29, 0.717) is 22.3 Å². The first kappa shape index (κ1) is 21.9. The topological polar surface area (TPSA) is 67.2 Å². The van der Waals surface area contributed by atoms with E-state index in [1.54, 1.807) is 34.0 Å². The zero-order chi connectivity index (χ0) is 21.5. The van der Waals surface area contributed by atoms with Gasteiger partial charge in [0.25, 0.3) is 0 Å². The molecule has 0 aliphatic carbocycles. The van der Waals surface area contributed by atoms with Crippen molar-refractivity contribution in [1.82, 2.24) is 14.7 Å². The molecular weight excluding hydrogens is 423 g/mol. The van der Waals surface area contributed by atoms with Crippen molar-refractivity contribution in [3.63, 3.8) is 0 Å². The van der Waals surface area contributed by atoms with Gasteiger partial charge in [0.2, 0.25) is 11.8 Å². The summed E-state index contributed by atoms with van der Waals surface area (Å²) in [6.45, 7) is 2.38. The number of aromatic nitrogens is 2. The Hall–Kier alpha value is -2.83. The molecule has 2 aromatic carbocycles. The van der Waals surface area contributed by atoms with Crippen LogP contribution in [0.1, 0.15) is 18.9 Å². The van der Waals surface area contributed by atoms with Gasteiger partial charge in [0.05, 0.1) is 35.6 Å². The van der Waals surface area contributed by atoms with Crippen LogP contribution in [0.5, 0.6) is 0 Å². The van der Waals surface area contributed by atoms with Gasteiger partial charge in [-0.05, 0) is 42.3 Å². The van der Waals surface area contributed by atoms with Gasteiger partial charge < -0.3 is 10.2 Å². The highest BCUT2D eigenvalue weighted by atomic mass is 35.5. The zero-order valence-corrected chi connectivity index (χ0v) is 18.0. The summed E-state index contributed by atoms with van der Waals surface area (Å²) in [6, 6.07) is 14.5. The maximum atomic E-state index is 12.8. The lowest BCUT2D eigenvalue weighted by molar-refractivity contribution is -0.134. The van der Waals surface area contributed by atoms with Gasteiger partial charge in [0.1, 0.15) is 0 Å². The maximum Gasteiger partial charge on any atom is 0.244 e. The number of anilines is 1. The van der Waals surface area contributed by atoms with E-state index < -0.39 is 0 Å². The first-order valence-corrected chi connectivity index (χ1v) is 10.3. The Morgan fingerprint density at radius 2 is 1.90 bits per heavy atom. The number of hydrogen-bond donors (Lipinski definition) is 1. The Balaban J connectivity index is 1.63. The van der Waals surface area contributed by atoms with Crippen LogP contribution < -0.4 is 5.32 Å². The molecule has 0 saturated heterocycles. The number of para-hydroxylation sites is 1. The molecule has 0 aliphatic rings. The largest absolute Gasteiger partial charge is 0.333 e. The van der Waals surface area contributed by atoms with Crippen molar-refractivity contribution in [2.45, 2.75) is 19.8 Å². The summed E-state index contributed by atoms with van der Waals surface area (Å²) in [5.41, 5.74) is 2.16. The summed E-state index contributed by atoms with van der Waals surface area (Å²) in [5.74, 6) is -0.456. The minimum absolute atomic E-state index is 0.0571. The van der Waals surface area contributed by atoms with Crippen molar-refractivity contribution in [3.8, 4) is 5.69 Å². The average Bonchev–Trinajstić information content (AvgIpc) is 3.19. The first-order chi connectivity index (χ1) is 14.5. The molecule has 0 spiro atoms. The van der Waals surface area contributed by atoms with Crippen LogP contribution in [0.2, 0.25) is 10.0 Å². The van der Waals surface area contributed by atoms with Crippen LogP contribution in [-0.2, 0) is 16.0 Å². The molecule has 0 atom stereocenters. The molecular formula is C22H22Cl2N4O2. The first-order valence-electron chi connectivity index (χ1n) is 9.58. The van der Waals surface area contributed by atoms with Crippen LogP contribution in [0.3, 0.4) is 0 Å². The standard InChI is InChI=1S/C22H22Cl2N4O2/c1-2-10-27(15-21(29)26-20-9-8-17(23)12-19(20)24)22(30)11-16-13-25-28(14-16)18-6-4-3-5-7-18/h3-9,12-14H,2,10-11,15H2,1H3,(H,26,29). The van der Waals surface area contributed by atoms with Gasteiger partial charge in [-0.2, -0.15) is 5.10 Å². The lowest BCUT2D eigenvalue weighted by Crippen LogP contribution is -2.39. The fourth-order valence-corrected chi connectivity index (χ4v) is 3.43. The molecule has 0 radical (unpaired) electrons. The van der Waals surface area contributed by atoms with Crippen molar-refractivity contribution < 1.29 is 9.59 Å². The van der Waals surface area contributed by atoms with Crippen molar-refractivity contribution in [1.29, 1.82) is 0 Å². The minimum atomic E-state index is -0.319. The smallest absolute Gasteiger partial charge is 0.244 e. The molecule has 0 bridgehead atoms. The highest BCUT2D eigenvalue weighted by Crippen LogP contribution is 2.25. The highest BCUT2D eigenvalue weighted by Gasteiger charge is 2.18. The van der Waals surface area contributed by atoms with Crippen LogP contribution >= 0.6 is 23.2 Å². The Morgan fingerprint density at radius 3 is 2.60 bits per heavy atom. The van der Waals surface area contributed by atoms with Crippen LogP contribution in [0.25, 0.3) is 5.69 Å². The van der Waals surface area contributed by atoms with Gasteiger partial charge in [0, 0.05) is 17.8 Å². The summed E-state index contributed by atoms with van der Waals surface area (Å²) in [4.78, 5) is 26.8. The molecule has 30 heavy (non-hydrogen) atoms. The lowest BCUT2D eigenvalue weighted by Gasteiger charge is -2.21. The number of carbonyl (C=O) groups excluding carboxylic acids is 2. The molecule has 6 nitrogen and oxygen atoms in total. The molecule has 0 fully saturated rings. The summed E-state index contributed by atoms with van der Waals surface area (Å²) in [6.07, 6.45) is 4.40. The van der Waals surface area contributed by atoms with Crippen molar-refractivity contribution in [2.75, 3.05) is 18.4 Å². The number of halogens is 2. The number of nitrogens with one attached hydrogen (secondary N) is 1. The summed E-state index contributed by atoms with van der Waals surface area (Å²) < 4.78 is 1.72. The van der Waals surface area contributed by atoms with Crippen LogP contribution in [0, 0.1) is 0 Å². The molecule has 2 amide bonds. The zero-order valence-electron chi connectivity index (χ0n) is 16.5. The van der Waals surface area contributed by atoms with E-state index in [1.165, 1.54) is 0 Å². The maximum absolute atomic E-state index is 12.8. The van der Waals surface area contributed by atoms with Crippen molar-refractivity contribution >= 4 is 40.7 Å². The van der Waals surface area contributed by atoms with Gasteiger partial charge in [-0.25, -0.2) is 4.68 Å². The van der Waals surface area contributed by atoms with Gasteiger partial charge >= 0.3 is 0 Å². The number of nitrogens with zero attached hydrogens (tertiary/aromatic N) is 3. The van der Waals surface area contributed by atoms with E-state index in [2.05, 4.69) is 10.4 Å². The number of benzene rings is 2. The number of hydrogen-bond acceptors (Lipinski definition) is 3. The summed E-state index contributed by atoms with van der Waals surface area (Å²) >= 11 is 12.0. The Morgan fingerprint density at radius 1 is 1.13 bits per heavy atom. The molecule has 1 heterocycles. The normalized spacial score (nSPS) is 10.6. The predicted molar refractivity (Wildman–Crippen MR) is 119 cm³/mol.